The Morgan fingerprint density at radius 2 is 1.70 bits per heavy atom. The number of hydrogen-bond acceptors (Lipinski definition) is 2. The van der Waals surface area contributed by atoms with E-state index in [1.54, 1.807) is 0 Å². The molecular weight excluding hydrogens is 144 g/mol. The van der Waals surface area contributed by atoms with Crippen LogP contribution in [0, 0.1) is 0 Å². The van der Waals surface area contributed by atoms with Crippen LogP contribution in [0.4, 0.5) is 0 Å². The summed E-state index contributed by atoms with van der Waals surface area (Å²) in [6.07, 6.45) is 6.80. The summed E-state index contributed by atoms with van der Waals surface area (Å²) in [6.45, 7) is 2.23. The standard InChI is InChI=1S/C7H20N2S/c1-9(2)7-6-8-10(3,4)5/h8H,6-7H2,1-5H3. The molecule has 0 aliphatic heterocycles. The van der Waals surface area contributed by atoms with E-state index in [1.165, 1.54) is 0 Å². The molecule has 0 unspecified atom stereocenters. The third-order valence-electron chi connectivity index (χ3n) is 1.09. The van der Waals surface area contributed by atoms with E-state index in [0.29, 0.717) is 0 Å². The van der Waals surface area contributed by atoms with Crippen molar-refractivity contribution in [1.82, 2.24) is 9.62 Å². The Hall–Kier alpha value is 0.270. The molecule has 0 radical (unpaired) electrons. The second kappa shape index (κ2) is 4.21. The average Bonchev–Trinajstić information content (AvgIpc) is 1.59. The molecule has 0 saturated heterocycles. The smallest absolute Gasteiger partial charge is 0.0171 e. The van der Waals surface area contributed by atoms with Crippen LogP contribution in [-0.2, 0) is 0 Å². The molecule has 1 N–H and O–H groups in total. The zero-order chi connectivity index (χ0) is 8.20. The molecule has 2 nitrogen and oxygen atoms in total. The Balaban J connectivity index is 3.21. The lowest BCUT2D eigenvalue weighted by molar-refractivity contribution is 0.415. The first-order chi connectivity index (χ1) is 4.42. The van der Waals surface area contributed by atoms with E-state index in [9.17, 15) is 0 Å². The van der Waals surface area contributed by atoms with Gasteiger partial charge >= 0.3 is 0 Å². The van der Waals surface area contributed by atoms with Crippen LogP contribution in [0.3, 0.4) is 0 Å². The van der Waals surface area contributed by atoms with Crippen molar-refractivity contribution < 1.29 is 0 Å². The summed E-state index contributed by atoms with van der Waals surface area (Å²) in [5.74, 6) is 0. The first-order valence-corrected chi connectivity index (χ1v) is 6.35. The van der Waals surface area contributed by atoms with Gasteiger partial charge in [0.05, 0.1) is 0 Å². The van der Waals surface area contributed by atoms with Gasteiger partial charge in [-0.05, 0) is 32.9 Å². The van der Waals surface area contributed by atoms with Crippen molar-refractivity contribution in [3.63, 3.8) is 0 Å². The minimum Gasteiger partial charge on any atom is -0.308 e. The second-order valence-electron chi connectivity index (χ2n) is 3.53. The van der Waals surface area contributed by atoms with E-state index in [2.05, 4.69) is 42.5 Å². The van der Waals surface area contributed by atoms with Gasteiger partial charge < -0.3 is 4.90 Å². The summed E-state index contributed by atoms with van der Waals surface area (Å²) in [5.41, 5.74) is 0. The van der Waals surface area contributed by atoms with Crippen molar-refractivity contribution >= 4 is 10.2 Å². The van der Waals surface area contributed by atoms with Crippen LogP contribution < -0.4 is 4.72 Å². The number of nitrogens with zero attached hydrogens (tertiary/aromatic N) is 1. The zero-order valence-corrected chi connectivity index (χ0v) is 8.59. The molecule has 0 aromatic rings. The van der Waals surface area contributed by atoms with Crippen LogP contribution in [0.2, 0.25) is 0 Å². The third kappa shape index (κ3) is 8.27. The molecule has 0 amide bonds. The fraction of sp³-hybridized carbons (Fsp3) is 1.00. The molecule has 0 saturated carbocycles. The van der Waals surface area contributed by atoms with Gasteiger partial charge in [-0.2, -0.15) is 10.2 Å². The number of rotatable bonds is 4. The summed E-state index contributed by atoms with van der Waals surface area (Å²) in [7, 11) is 3.70. The molecule has 64 valence electrons. The quantitative estimate of drug-likeness (QED) is 0.659. The normalized spacial score (nSPS) is 14.2. The van der Waals surface area contributed by atoms with Gasteiger partial charge in [-0.3, -0.25) is 4.72 Å². The highest BCUT2D eigenvalue weighted by atomic mass is 32.3. The molecule has 0 rings (SSSR count). The maximum Gasteiger partial charge on any atom is 0.0171 e. The Morgan fingerprint density at radius 1 is 1.20 bits per heavy atom. The van der Waals surface area contributed by atoms with Gasteiger partial charge in [-0.1, -0.05) is 0 Å². The highest BCUT2D eigenvalue weighted by molar-refractivity contribution is 8.30. The summed E-state index contributed by atoms with van der Waals surface area (Å²) in [4.78, 5) is 2.19. The van der Waals surface area contributed by atoms with E-state index in [-0.39, 0.29) is 0 Å². The topological polar surface area (TPSA) is 15.3 Å². The molecule has 0 fully saturated rings. The Morgan fingerprint density at radius 3 is 2.00 bits per heavy atom. The molecule has 0 aliphatic carbocycles. The SMILES string of the molecule is CN(C)CCNS(C)(C)C. The van der Waals surface area contributed by atoms with Crippen LogP contribution in [0.15, 0.2) is 0 Å². The lowest BCUT2D eigenvalue weighted by Crippen LogP contribution is -2.27. The van der Waals surface area contributed by atoms with Crippen molar-refractivity contribution in [2.45, 2.75) is 0 Å². The van der Waals surface area contributed by atoms with Crippen molar-refractivity contribution in [3.8, 4) is 0 Å². The predicted molar refractivity (Wildman–Crippen MR) is 51.9 cm³/mol. The van der Waals surface area contributed by atoms with Crippen LogP contribution >= 0.6 is 10.2 Å². The molecule has 0 aromatic heterocycles. The minimum absolute atomic E-state index is 0.496. The Bertz CT molecular complexity index is 86.1. The van der Waals surface area contributed by atoms with Crippen LogP contribution in [0.25, 0.3) is 0 Å². The van der Waals surface area contributed by atoms with Gasteiger partial charge in [0, 0.05) is 13.1 Å². The summed E-state index contributed by atoms with van der Waals surface area (Å²) < 4.78 is 3.49. The number of nitrogens with one attached hydrogen (secondary N) is 1. The van der Waals surface area contributed by atoms with Crippen LogP contribution in [0.1, 0.15) is 0 Å². The van der Waals surface area contributed by atoms with Gasteiger partial charge in [0.1, 0.15) is 0 Å². The van der Waals surface area contributed by atoms with Gasteiger partial charge in [-0.25, -0.2) is 0 Å². The first-order valence-electron chi connectivity index (χ1n) is 3.49. The number of hydrogen-bond donors (Lipinski definition) is 1. The van der Waals surface area contributed by atoms with Crippen molar-refractivity contribution in [1.29, 1.82) is 0 Å². The fourth-order valence-corrected chi connectivity index (χ4v) is 1.28. The van der Waals surface area contributed by atoms with Gasteiger partial charge in [0.15, 0.2) is 0 Å². The lowest BCUT2D eigenvalue weighted by Gasteiger charge is -2.27. The maximum absolute atomic E-state index is 3.49. The van der Waals surface area contributed by atoms with Gasteiger partial charge in [-0.15, -0.1) is 0 Å². The van der Waals surface area contributed by atoms with E-state index < -0.39 is 10.2 Å². The molecule has 10 heavy (non-hydrogen) atoms. The maximum atomic E-state index is 3.49. The van der Waals surface area contributed by atoms with Gasteiger partial charge in [0.25, 0.3) is 0 Å². The summed E-state index contributed by atoms with van der Waals surface area (Å²) >= 11 is 0. The predicted octanol–water partition coefficient (Wildman–Crippen LogP) is 0.747. The molecule has 3 heteroatoms. The Kier molecular flexibility index (Phi) is 4.32. The summed E-state index contributed by atoms with van der Waals surface area (Å²) in [5, 5.41) is 0. The fourth-order valence-electron chi connectivity index (χ4n) is 0.575. The van der Waals surface area contributed by atoms with E-state index in [4.69, 9.17) is 0 Å². The first kappa shape index (κ1) is 10.3. The summed E-state index contributed by atoms with van der Waals surface area (Å²) in [6, 6.07) is 0. The lowest BCUT2D eigenvalue weighted by atomic mass is 10.6. The minimum atomic E-state index is -0.496. The monoisotopic (exact) mass is 164 g/mol. The third-order valence-corrected chi connectivity index (χ3v) is 2.16. The van der Waals surface area contributed by atoms with Crippen molar-refractivity contribution in [2.75, 3.05) is 46.0 Å². The van der Waals surface area contributed by atoms with Crippen LogP contribution in [0.5, 0.6) is 0 Å². The molecule has 0 heterocycles. The van der Waals surface area contributed by atoms with E-state index in [1.807, 2.05) is 0 Å². The zero-order valence-electron chi connectivity index (χ0n) is 7.77. The van der Waals surface area contributed by atoms with Crippen molar-refractivity contribution in [3.05, 3.63) is 0 Å². The van der Waals surface area contributed by atoms with E-state index >= 15 is 0 Å². The molecular formula is C7H20N2S. The number of likely N-dealkylation sites (N-methyl/N-ethyl adjacent to an activating group) is 1. The van der Waals surface area contributed by atoms with E-state index in [0.717, 1.165) is 13.1 Å². The highest BCUT2D eigenvalue weighted by Gasteiger charge is 2.00. The van der Waals surface area contributed by atoms with Crippen molar-refractivity contribution in [2.24, 2.45) is 0 Å². The van der Waals surface area contributed by atoms with Gasteiger partial charge in [0.2, 0.25) is 0 Å². The molecule has 0 bridgehead atoms. The second-order valence-corrected chi connectivity index (χ2v) is 7.50. The Labute approximate surface area is 66.4 Å². The van der Waals surface area contributed by atoms with Crippen LogP contribution in [-0.4, -0.2) is 50.9 Å². The average molecular weight is 164 g/mol. The molecule has 0 aromatic carbocycles. The molecule has 0 atom stereocenters. The molecule has 0 spiro atoms. The largest absolute Gasteiger partial charge is 0.308 e. The highest BCUT2D eigenvalue weighted by Crippen LogP contribution is 2.27. The molecule has 0 aliphatic rings.